The molecule has 1 N–H and O–H groups in total. The molecule has 5 heteroatoms. The van der Waals surface area contributed by atoms with Gasteiger partial charge in [0.15, 0.2) is 5.78 Å². The molecule has 0 amide bonds. The van der Waals surface area contributed by atoms with Gasteiger partial charge in [0, 0.05) is 26.1 Å². The van der Waals surface area contributed by atoms with Crippen LogP contribution in [0.25, 0.3) is 0 Å². The van der Waals surface area contributed by atoms with E-state index in [-0.39, 0.29) is 24.6 Å². The molecule has 0 unspecified atom stereocenters. The molecular formula is C16H23FN2O2. The van der Waals surface area contributed by atoms with Crippen LogP contribution in [0.1, 0.15) is 12.0 Å². The Kier molecular flexibility index (Phi) is 6.29. The van der Waals surface area contributed by atoms with Crippen LogP contribution >= 0.6 is 0 Å². The first-order valence-corrected chi connectivity index (χ1v) is 7.49. The number of rotatable bonds is 6. The lowest BCUT2D eigenvalue weighted by Crippen LogP contribution is -2.35. The Labute approximate surface area is 125 Å². The predicted molar refractivity (Wildman–Crippen MR) is 79.7 cm³/mol. The minimum absolute atomic E-state index is 0.0516. The van der Waals surface area contributed by atoms with E-state index in [0.29, 0.717) is 18.7 Å². The Morgan fingerprint density at radius 2 is 1.86 bits per heavy atom. The highest BCUT2D eigenvalue weighted by Gasteiger charge is 2.17. The molecule has 1 aromatic carbocycles. The average molecular weight is 294 g/mol. The van der Waals surface area contributed by atoms with Gasteiger partial charge in [-0.3, -0.25) is 14.6 Å². The summed E-state index contributed by atoms with van der Waals surface area (Å²) < 4.78 is 13.5. The lowest BCUT2D eigenvalue weighted by Gasteiger charge is -2.20. The van der Waals surface area contributed by atoms with E-state index in [2.05, 4.69) is 9.80 Å². The Morgan fingerprint density at radius 3 is 2.62 bits per heavy atom. The Hall–Kier alpha value is -1.30. The van der Waals surface area contributed by atoms with Crippen LogP contribution in [-0.4, -0.2) is 66.6 Å². The van der Waals surface area contributed by atoms with E-state index in [1.54, 1.807) is 18.2 Å². The molecule has 1 fully saturated rings. The second-order valence-corrected chi connectivity index (χ2v) is 5.50. The molecule has 0 radical (unpaired) electrons. The van der Waals surface area contributed by atoms with Crippen LogP contribution in [0.3, 0.4) is 0 Å². The minimum Gasteiger partial charge on any atom is -0.395 e. The van der Waals surface area contributed by atoms with Crippen molar-refractivity contribution in [2.75, 3.05) is 45.9 Å². The number of ketones is 1. The normalized spacial score (nSPS) is 17.6. The van der Waals surface area contributed by atoms with E-state index in [1.165, 1.54) is 6.07 Å². The van der Waals surface area contributed by atoms with Crippen molar-refractivity contribution in [3.05, 3.63) is 35.6 Å². The van der Waals surface area contributed by atoms with Gasteiger partial charge >= 0.3 is 0 Å². The zero-order valence-corrected chi connectivity index (χ0v) is 12.3. The van der Waals surface area contributed by atoms with Crippen molar-refractivity contribution in [1.82, 2.24) is 9.80 Å². The number of carbonyl (C=O) groups excluding carboxylic acids is 1. The molecule has 0 atom stereocenters. The molecule has 1 aliphatic heterocycles. The zero-order chi connectivity index (χ0) is 15.1. The number of halogens is 1. The van der Waals surface area contributed by atoms with E-state index < -0.39 is 0 Å². The van der Waals surface area contributed by atoms with Gasteiger partial charge in [0.05, 0.1) is 13.2 Å². The fourth-order valence-electron chi connectivity index (χ4n) is 2.71. The average Bonchev–Trinajstić information content (AvgIpc) is 2.67. The van der Waals surface area contributed by atoms with Gasteiger partial charge in [-0.15, -0.1) is 0 Å². The summed E-state index contributed by atoms with van der Waals surface area (Å²) >= 11 is 0. The third-order valence-corrected chi connectivity index (χ3v) is 3.84. The number of aliphatic hydroxyl groups is 1. The summed E-state index contributed by atoms with van der Waals surface area (Å²) in [4.78, 5) is 16.4. The van der Waals surface area contributed by atoms with Crippen molar-refractivity contribution < 1.29 is 14.3 Å². The van der Waals surface area contributed by atoms with Gasteiger partial charge in [-0.2, -0.15) is 0 Å². The summed E-state index contributed by atoms with van der Waals surface area (Å²) in [5.41, 5.74) is 0.472. The molecule has 2 rings (SSSR count). The molecule has 1 saturated heterocycles. The van der Waals surface area contributed by atoms with Crippen molar-refractivity contribution in [1.29, 1.82) is 0 Å². The number of hydrogen-bond acceptors (Lipinski definition) is 4. The van der Waals surface area contributed by atoms with Crippen molar-refractivity contribution in [2.45, 2.75) is 12.8 Å². The molecule has 0 aliphatic carbocycles. The highest BCUT2D eigenvalue weighted by atomic mass is 19.1. The van der Waals surface area contributed by atoms with E-state index in [4.69, 9.17) is 5.11 Å². The van der Waals surface area contributed by atoms with Crippen LogP contribution in [0.5, 0.6) is 0 Å². The summed E-state index contributed by atoms with van der Waals surface area (Å²) in [6.07, 6.45) is 1.15. The van der Waals surface area contributed by atoms with Crippen molar-refractivity contribution in [3.8, 4) is 0 Å². The summed E-state index contributed by atoms with van der Waals surface area (Å²) in [5, 5.41) is 8.97. The molecule has 21 heavy (non-hydrogen) atoms. The molecule has 0 aromatic heterocycles. The number of nitrogens with zero attached hydrogens (tertiary/aromatic N) is 2. The van der Waals surface area contributed by atoms with Crippen LogP contribution in [0, 0.1) is 5.82 Å². The fourth-order valence-corrected chi connectivity index (χ4v) is 2.71. The van der Waals surface area contributed by atoms with Crippen LogP contribution < -0.4 is 0 Å². The topological polar surface area (TPSA) is 43.8 Å². The lowest BCUT2D eigenvalue weighted by atomic mass is 10.1. The SMILES string of the molecule is O=C(Cc1ccccc1F)CN1CCCN(CCO)CC1. The third kappa shape index (κ3) is 5.19. The first-order chi connectivity index (χ1) is 10.2. The van der Waals surface area contributed by atoms with Gasteiger partial charge in [0.2, 0.25) is 0 Å². The number of β-amino-alcohol motifs (C(OH)–C–C–N with tert-alkyl or cyclic N) is 1. The smallest absolute Gasteiger partial charge is 0.151 e. The second-order valence-electron chi connectivity index (χ2n) is 5.50. The van der Waals surface area contributed by atoms with Crippen molar-refractivity contribution in [3.63, 3.8) is 0 Å². The van der Waals surface area contributed by atoms with Gasteiger partial charge in [-0.1, -0.05) is 18.2 Å². The highest BCUT2D eigenvalue weighted by molar-refractivity contribution is 5.82. The second kappa shape index (κ2) is 8.22. The van der Waals surface area contributed by atoms with E-state index in [1.807, 2.05) is 0 Å². The molecule has 1 aromatic rings. The van der Waals surface area contributed by atoms with Crippen LogP contribution in [0.4, 0.5) is 4.39 Å². The quantitative estimate of drug-likeness (QED) is 0.848. The highest BCUT2D eigenvalue weighted by Crippen LogP contribution is 2.09. The molecular weight excluding hydrogens is 271 g/mol. The number of aliphatic hydroxyl groups excluding tert-OH is 1. The largest absolute Gasteiger partial charge is 0.395 e. The van der Waals surface area contributed by atoms with Gasteiger partial charge in [0.25, 0.3) is 0 Å². The molecule has 0 spiro atoms. The van der Waals surface area contributed by atoms with Crippen molar-refractivity contribution >= 4 is 5.78 Å². The van der Waals surface area contributed by atoms with Gasteiger partial charge in [0.1, 0.15) is 5.82 Å². The van der Waals surface area contributed by atoms with E-state index in [9.17, 15) is 9.18 Å². The summed E-state index contributed by atoms with van der Waals surface area (Å²) in [7, 11) is 0. The van der Waals surface area contributed by atoms with E-state index in [0.717, 1.165) is 32.6 Å². The Morgan fingerprint density at radius 1 is 1.14 bits per heavy atom. The minimum atomic E-state index is -0.309. The number of Topliss-reactive ketones (excluding diaryl/α,β-unsaturated/α-hetero) is 1. The monoisotopic (exact) mass is 294 g/mol. The van der Waals surface area contributed by atoms with Crippen molar-refractivity contribution in [2.24, 2.45) is 0 Å². The van der Waals surface area contributed by atoms with E-state index >= 15 is 0 Å². The van der Waals surface area contributed by atoms with Gasteiger partial charge in [-0.25, -0.2) is 4.39 Å². The number of hydrogen-bond donors (Lipinski definition) is 1. The Balaban J connectivity index is 1.81. The maximum atomic E-state index is 13.5. The lowest BCUT2D eigenvalue weighted by molar-refractivity contribution is -0.119. The molecule has 0 bridgehead atoms. The summed E-state index contributed by atoms with van der Waals surface area (Å²) in [6, 6.07) is 6.44. The van der Waals surface area contributed by atoms with Crippen LogP contribution in [0.15, 0.2) is 24.3 Å². The summed E-state index contributed by atoms with van der Waals surface area (Å²) in [6.45, 7) is 4.77. The predicted octanol–water partition coefficient (Wildman–Crippen LogP) is 0.937. The standard InChI is InChI=1S/C16H23FN2O2/c17-16-5-2-1-4-14(16)12-15(21)13-19-7-3-6-18(8-9-19)10-11-20/h1-2,4-5,20H,3,6-13H2. The Bertz CT molecular complexity index is 467. The first kappa shape index (κ1) is 16.1. The molecule has 116 valence electrons. The number of benzene rings is 1. The van der Waals surface area contributed by atoms with Gasteiger partial charge < -0.3 is 5.11 Å². The number of carbonyl (C=O) groups is 1. The zero-order valence-electron chi connectivity index (χ0n) is 12.3. The van der Waals surface area contributed by atoms with Crippen LogP contribution in [-0.2, 0) is 11.2 Å². The molecule has 1 aliphatic rings. The third-order valence-electron chi connectivity index (χ3n) is 3.84. The maximum absolute atomic E-state index is 13.5. The maximum Gasteiger partial charge on any atom is 0.151 e. The summed E-state index contributed by atoms with van der Waals surface area (Å²) in [5.74, 6) is -0.258. The molecule has 0 saturated carbocycles. The molecule has 1 heterocycles. The van der Waals surface area contributed by atoms with Crippen LogP contribution in [0.2, 0.25) is 0 Å². The molecule has 4 nitrogen and oxygen atoms in total. The fraction of sp³-hybridized carbons (Fsp3) is 0.562. The first-order valence-electron chi connectivity index (χ1n) is 7.49. The van der Waals surface area contributed by atoms with Gasteiger partial charge in [-0.05, 0) is 31.1 Å².